The molecule has 29 heavy (non-hydrogen) atoms. The van der Waals surface area contributed by atoms with E-state index in [1.54, 1.807) is 4.90 Å². The van der Waals surface area contributed by atoms with E-state index in [4.69, 9.17) is 4.74 Å². The van der Waals surface area contributed by atoms with Crippen molar-refractivity contribution >= 4 is 17.8 Å². The van der Waals surface area contributed by atoms with Gasteiger partial charge in [0, 0.05) is 13.1 Å². The Bertz CT molecular complexity index is 794. The van der Waals surface area contributed by atoms with Crippen molar-refractivity contribution in [1.82, 2.24) is 15.1 Å². The van der Waals surface area contributed by atoms with Crippen LogP contribution < -0.4 is 10.1 Å². The lowest BCUT2D eigenvalue weighted by Gasteiger charge is -2.35. The summed E-state index contributed by atoms with van der Waals surface area (Å²) in [5.41, 5.74) is -1.02. The topological polar surface area (TPSA) is 88.2 Å². The lowest BCUT2D eigenvalue weighted by Crippen LogP contribution is -2.52. The maximum Gasteiger partial charge on any atom is 0.387 e. The smallest absolute Gasteiger partial charge is 0.387 e. The summed E-state index contributed by atoms with van der Waals surface area (Å²) in [4.78, 5) is 40.4. The number of urea groups is 1. The van der Waals surface area contributed by atoms with Crippen LogP contribution in [0.4, 0.5) is 13.6 Å². The fourth-order valence-corrected chi connectivity index (χ4v) is 3.62. The fourth-order valence-electron chi connectivity index (χ4n) is 3.62. The average molecular weight is 411 g/mol. The van der Waals surface area contributed by atoms with E-state index in [2.05, 4.69) is 10.1 Å². The number of halogens is 2. The Morgan fingerprint density at radius 1 is 1.24 bits per heavy atom. The van der Waals surface area contributed by atoms with Crippen molar-refractivity contribution in [3.63, 3.8) is 0 Å². The minimum Gasteiger partial charge on any atom is -0.435 e. The van der Waals surface area contributed by atoms with E-state index >= 15 is 0 Å². The molecule has 2 fully saturated rings. The molecule has 1 aromatic carbocycles. The quantitative estimate of drug-likeness (QED) is 0.745. The van der Waals surface area contributed by atoms with Gasteiger partial charge in [0.1, 0.15) is 17.8 Å². The first-order valence-electron chi connectivity index (χ1n) is 9.23. The Hall–Kier alpha value is -2.75. The molecule has 0 unspecified atom stereocenters. The number of carbonyl (C=O) groups is 3. The second-order valence-corrected chi connectivity index (χ2v) is 7.41. The summed E-state index contributed by atoms with van der Waals surface area (Å²) < 4.78 is 34.5. The van der Waals surface area contributed by atoms with Crippen molar-refractivity contribution in [1.29, 1.82) is 0 Å². The number of benzene rings is 1. The molecular formula is C19H23F2N3O5. The molecule has 0 radical (unpaired) electrons. The maximum absolute atomic E-state index is 12.9. The van der Waals surface area contributed by atoms with Crippen LogP contribution in [0.25, 0.3) is 0 Å². The van der Waals surface area contributed by atoms with E-state index < -0.39 is 24.1 Å². The zero-order chi connectivity index (χ0) is 21.3. The van der Waals surface area contributed by atoms with Gasteiger partial charge in [-0.1, -0.05) is 12.1 Å². The molecule has 1 N–H and O–H groups in total. The lowest BCUT2D eigenvalue weighted by atomic mass is 9.92. The molecule has 0 bridgehead atoms. The highest BCUT2D eigenvalue weighted by Gasteiger charge is 2.49. The first-order chi connectivity index (χ1) is 13.6. The van der Waals surface area contributed by atoms with Gasteiger partial charge in [-0.3, -0.25) is 14.5 Å². The van der Waals surface area contributed by atoms with Crippen LogP contribution in [0.2, 0.25) is 0 Å². The van der Waals surface area contributed by atoms with Gasteiger partial charge in [0.2, 0.25) is 5.91 Å². The highest BCUT2D eigenvalue weighted by molar-refractivity contribution is 6.09. The van der Waals surface area contributed by atoms with Gasteiger partial charge in [-0.25, -0.2) is 4.79 Å². The Labute approximate surface area is 166 Å². The predicted molar refractivity (Wildman–Crippen MR) is 97.3 cm³/mol. The number of carbonyl (C=O) groups excluding carboxylic acids is 3. The minimum atomic E-state index is -2.96. The first kappa shape index (κ1) is 21.0. The molecule has 4 amide bonds. The monoisotopic (exact) mass is 411 g/mol. The Morgan fingerprint density at radius 3 is 2.38 bits per heavy atom. The van der Waals surface area contributed by atoms with Gasteiger partial charge in [0.25, 0.3) is 5.91 Å². The van der Waals surface area contributed by atoms with E-state index in [1.807, 2.05) is 13.8 Å². The van der Waals surface area contributed by atoms with Crippen LogP contribution in [-0.4, -0.2) is 66.1 Å². The number of nitrogens with zero attached hydrogens (tertiary/aromatic N) is 2. The molecule has 3 rings (SSSR count). The molecule has 2 aliphatic heterocycles. The number of amides is 4. The zero-order valence-electron chi connectivity index (χ0n) is 16.4. The molecule has 0 spiro atoms. The van der Waals surface area contributed by atoms with Gasteiger partial charge in [-0.15, -0.1) is 0 Å². The molecule has 0 aliphatic carbocycles. The van der Waals surface area contributed by atoms with Crippen molar-refractivity contribution in [3.8, 4) is 5.75 Å². The van der Waals surface area contributed by atoms with E-state index in [-0.39, 0.29) is 30.4 Å². The number of hydrogen-bond acceptors (Lipinski definition) is 5. The first-order valence-corrected chi connectivity index (χ1v) is 9.23. The summed E-state index contributed by atoms with van der Waals surface area (Å²) in [7, 11) is 0. The van der Waals surface area contributed by atoms with Crippen LogP contribution in [0.1, 0.15) is 26.3 Å². The largest absolute Gasteiger partial charge is 0.435 e. The van der Waals surface area contributed by atoms with E-state index in [9.17, 15) is 23.2 Å². The van der Waals surface area contributed by atoms with Crippen molar-refractivity contribution in [2.75, 3.05) is 19.6 Å². The number of rotatable bonds is 5. The third-order valence-electron chi connectivity index (χ3n) is 5.00. The summed E-state index contributed by atoms with van der Waals surface area (Å²) in [5, 5.41) is 2.59. The third-order valence-corrected chi connectivity index (χ3v) is 5.00. The normalized spacial score (nSPS) is 27.4. The number of alkyl halides is 2. The fraction of sp³-hybridized carbons (Fsp3) is 0.526. The van der Waals surface area contributed by atoms with Gasteiger partial charge in [0.05, 0.1) is 12.2 Å². The van der Waals surface area contributed by atoms with Crippen LogP contribution in [0.5, 0.6) is 5.75 Å². The summed E-state index contributed by atoms with van der Waals surface area (Å²) in [6.45, 7) is 2.62. The molecule has 3 atom stereocenters. The zero-order valence-corrected chi connectivity index (χ0v) is 16.4. The van der Waals surface area contributed by atoms with Gasteiger partial charge in [0.15, 0.2) is 0 Å². The number of morpholine rings is 1. The average Bonchev–Trinajstić information content (AvgIpc) is 2.85. The minimum absolute atomic E-state index is 0.0632. The second-order valence-electron chi connectivity index (χ2n) is 7.41. The second kappa shape index (κ2) is 7.94. The van der Waals surface area contributed by atoms with Crippen molar-refractivity contribution in [2.24, 2.45) is 0 Å². The van der Waals surface area contributed by atoms with Gasteiger partial charge in [-0.05, 0) is 38.5 Å². The molecule has 2 heterocycles. The number of nitrogens with one attached hydrogen (secondary N) is 1. The molecule has 10 heteroatoms. The molecule has 2 saturated heterocycles. The molecule has 158 valence electrons. The van der Waals surface area contributed by atoms with E-state index in [0.29, 0.717) is 18.7 Å². The number of hydrogen-bond donors (Lipinski definition) is 1. The van der Waals surface area contributed by atoms with Gasteiger partial charge in [-0.2, -0.15) is 8.78 Å². The molecule has 0 aromatic heterocycles. The maximum atomic E-state index is 12.9. The number of ether oxygens (including phenoxy) is 2. The van der Waals surface area contributed by atoms with Crippen LogP contribution in [0.3, 0.4) is 0 Å². The third kappa shape index (κ3) is 4.31. The molecule has 1 aromatic rings. The summed E-state index contributed by atoms with van der Waals surface area (Å²) in [6, 6.07) is 4.74. The van der Waals surface area contributed by atoms with E-state index in [0.717, 1.165) is 4.90 Å². The van der Waals surface area contributed by atoms with Crippen LogP contribution in [0, 0.1) is 0 Å². The van der Waals surface area contributed by atoms with Crippen molar-refractivity contribution in [2.45, 2.75) is 45.1 Å². The Kier molecular flexibility index (Phi) is 5.74. The van der Waals surface area contributed by atoms with Crippen LogP contribution >= 0.6 is 0 Å². The summed E-state index contributed by atoms with van der Waals surface area (Å²) in [6.07, 6.45) is -0.268. The number of imide groups is 1. The van der Waals surface area contributed by atoms with Gasteiger partial charge >= 0.3 is 12.6 Å². The van der Waals surface area contributed by atoms with Crippen molar-refractivity contribution < 1.29 is 32.6 Å². The van der Waals surface area contributed by atoms with Gasteiger partial charge < -0.3 is 19.7 Å². The Balaban J connectivity index is 1.72. The lowest BCUT2D eigenvalue weighted by molar-refractivity contribution is -0.146. The van der Waals surface area contributed by atoms with E-state index in [1.165, 1.54) is 31.2 Å². The van der Waals surface area contributed by atoms with Crippen molar-refractivity contribution in [3.05, 3.63) is 29.8 Å². The Morgan fingerprint density at radius 2 is 1.83 bits per heavy atom. The molecular weight excluding hydrogens is 388 g/mol. The summed E-state index contributed by atoms with van der Waals surface area (Å²) in [5.74, 6) is -1.00. The van der Waals surface area contributed by atoms with Crippen LogP contribution in [-0.2, 0) is 19.9 Å². The predicted octanol–water partition coefficient (Wildman–Crippen LogP) is 1.69. The molecule has 8 nitrogen and oxygen atoms in total. The summed E-state index contributed by atoms with van der Waals surface area (Å²) >= 11 is 0. The highest BCUT2D eigenvalue weighted by atomic mass is 19.3. The SMILES string of the molecule is C[C@H]1CN(C(=O)CN2C(=O)N[C@](C)(c3ccc(OC(F)F)cc3)C2=O)C[C@H](C)O1. The molecule has 0 saturated carbocycles. The standard InChI is InChI=1S/C19H23F2N3O5/c1-11-8-23(9-12(2)28-11)15(25)10-24-16(26)19(3,22-18(24)27)13-4-6-14(7-5-13)29-17(20)21/h4-7,11-12,17H,8-10H2,1-3H3,(H,22,27)/t11-,12-,19+/m0/s1. The van der Waals surface area contributed by atoms with Crippen LogP contribution in [0.15, 0.2) is 24.3 Å². The molecule has 2 aliphatic rings. The highest BCUT2D eigenvalue weighted by Crippen LogP contribution is 2.30.